The molecule has 1 rings (SSSR count). The van der Waals surface area contributed by atoms with Crippen LogP contribution in [0.2, 0.25) is 0 Å². The fourth-order valence-corrected chi connectivity index (χ4v) is 1.32. The van der Waals surface area contributed by atoms with Crippen LogP contribution >= 0.6 is 0 Å². The summed E-state index contributed by atoms with van der Waals surface area (Å²) >= 11 is 0. The predicted molar refractivity (Wildman–Crippen MR) is 39.9 cm³/mol. The summed E-state index contributed by atoms with van der Waals surface area (Å²) in [7, 11) is 0. The first-order chi connectivity index (χ1) is 4.84. The average molecular weight is 146 g/mol. The molecule has 0 spiro atoms. The third-order valence-electron chi connectivity index (χ3n) is 2.01. The predicted octanol–water partition coefficient (Wildman–Crippen LogP) is 0.250. The zero-order valence-corrected chi connectivity index (χ0v) is 6.44. The monoisotopic (exact) mass is 146 g/mol. The van der Waals surface area contributed by atoms with Crippen LogP contribution in [0, 0.1) is 0 Å². The maximum Gasteiger partial charge on any atom is 0.102 e. The van der Waals surface area contributed by atoms with E-state index in [1.807, 2.05) is 0 Å². The van der Waals surface area contributed by atoms with Crippen LogP contribution in [0.5, 0.6) is 0 Å². The zero-order chi connectivity index (χ0) is 7.40. The number of nitrogens with zero attached hydrogens (tertiary/aromatic N) is 1. The number of piperazine rings is 1. The van der Waals surface area contributed by atoms with Crippen molar-refractivity contribution in [1.29, 1.82) is 0 Å². The van der Waals surface area contributed by atoms with Crippen LogP contribution in [0.3, 0.4) is 0 Å². The Labute approximate surface area is 61.4 Å². The van der Waals surface area contributed by atoms with Gasteiger partial charge in [-0.2, -0.15) is 0 Å². The second-order valence-electron chi connectivity index (χ2n) is 2.78. The molecule has 1 saturated heterocycles. The van der Waals surface area contributed by atoms with Gasteiger partial charge in [-0.05, 0) is 6.92 Å². The highest BCUT2D eigenvalue weighted by molar-refractivity contribution is 4.75. The Hall–Kier alpha value is -0.150. The summed E-state index contributed by atoms with van der Waals surface area (Å²) in [6, 6.07) is 0.504. The van der Waals surface area contributed by atoms with Gasteiger partial charge >= 0.3 is 0 Å². The van der Waals surface area contributed by atoms with E-state index >= 15 is 0 Å². The van der Waals surface area contributed by atoms with Gasteiger partial charge in [-0.3, -0.25) is 4.90 Å². The van der Waals surface area contributed by atoms with E-state index in [1.54, 1.807) is 0 Å². The van der Waals surface area contributed by atoms with Crippen LogP contribution < -0.4 is 5.32 Å². The number of hydrogen-bond donors (Lipinski definition) is 1. The summed E-state index contributed by atoms with van der Waals surface area (Å²) in [5.74, 6) is 0. The molecule has 2 nitrogen and oxygen atoms in total. The lowest BCUT2D eigenvalue weighted by Gasteiger charge is -2.32. The number of alkyl halides is 1. The van der Waals surface area contributed by atoms with E-state index in [2.05, 4.69) is 17.1 Å². The van der Waals surface area contributed by atoms with Crippen molar-refractivity contribution in [2.24, 2.45) is 0 Å². The second kappa shape index (κ2) is 3.88. The lowest BCUT2D eigenvalue weighted by Crippen LogP contribution is -2.50. The van der Waals surface area contributed by atoms with Crippen molar-refractivity contribution in [3.63, 3.8) is 0 Å². The first-order valence-electron chi connectivity index (χ1n) is 3.85. The van der Waals surface area contributed by atoms with E-state index in [0.29, 0.717) is 12.6 Å². The summed E-state index contributed by atoms with van der Waals surface area (Å²) < 4.78 is 11.9. The third kappa shape index (κ3) is 1.92. The first-order valence-corrected chi connectivity index (χ1v) is 3.85. The lowest BCUT2D eigenvalue weighted by molar-refractivity contribution is 0.161. The van der Waals surface area contributed by atoms with Gasteiger partial charge in [-0.25, -0.2) is 4.39 Å². The summed E-state index contributed by atoms with van der Waals surface area (Å²) in [4.78, 5) is 2.18. The van der Waals surface area contributed by atoms with Crippen LogP contribution in [-0.2, 0) is 0 Å². The van der Waals surface area contributed by atoms with Crippen molar-refractivity contribution >= 4 is 0 Å². The van der Waals surface area contributed by atoms with Crippen molar-refractivity contribution in [1.82, 2.24) is 10.2 Å². The van der Waals surface area contributed by atoms with Crippen LogP contribution in [-0.4, -0.2) is 43.8 Å². The maximum absolute atomic E-state index is 11.9. The number of rotatable bonds is 2. The molecule has 1 aliphatic heterocycles. The normalized spacial score (nSPS) is 28.8. The third-order valence-corrected chi connectivity index (χ3v) is 2.01. The average Bonchev–Trinajstić information content (AvgIpc) is 1.94. The molecule has 0 bridgehead atoms. The van der Waals surface area contributed by atoms with Crippen LogP contribution in [0.1, 0.15) is 6.92 Å². The second-order valence-corrected chi connectivity index (χ2v) is 2.78. The van der Waals surface area contributed by atoms with Crippen molar-refractivity contribution in [3.8, 4) is 0 Å². The molecule has 1 N–H and O–H groups in total. The molecular weight excluding hydrogens is 131 g/mol. The van der Waals surface area contributed by atoms with Gasteiger partial charge in [-0.15, -0.1) is 0 Å². The Kier molecular flexibility index (Phi) is 3.09. The highest BCUT2D eigenvalue weighted by Crippen LogP contribution is 2.00. The van der Waals surface area contributed by atoms with Gasteiger partial charge in [0.2, 0.25) is 0 Å². The molecule has 0 amide bonds. The Morgan fingerprint density at radius 3 is 3.10 bits per heavy atom. The molecule has 0 radical (unpaired) electrons. The molecule has 0 aliphatic carbocycles. The fraction of sp³-hybridized carbons (Fsp3) is 1.00. The lowest BCUT2D eigenvalue weighted by atomic mass is 10.2. The van der Waals surface area contributed by atoms with E-state index in [9.17, 15) is 4.39 Å². The molecule has 60 valence electrons. The van der Waals surface area contributed by atoms with Crippen molar-refractivity contribution in [2.75, 3.05) is 32.9 Å². The van der Waals surface area contributed by atoms with Crippen molar-refractivity contribution in [3.05, 3.63) is 0 Å². The Morgan fingerprint density at radius 1 is 1.70 bits per heavy atom. The molecule has 0 aromatic rings. The van der Waals surface area contributed by atoms with Crippen LogP contribution in [0.25, 0.3) is 0 Å². The van der Waals surface area contributed by atoms with Gasteiger partial charge in [0.05, 0.1) is 0 Å². The molecule has 0 unspecified atom stereocenters. The Balaban J connectivity index is 2.25. The maximum atomic E-state index is 11.9. The largest absolute Gasteiger partial charge is 0.314 e. The Bertz CT molecular complexity index is 95.6. The van der Waals surface area contributed by atoms with E-state index < -0.39 is 0 Å². The minimum absolute atomic E-state index is 0.218. The molecule has 1 heterocycles. The highest BCUT2D eigenvalue weighted by atomic mass is 19.1. The van der Waals surface area contributed by atoms with Crippen LogP contribution in [0.4, 0.5) is 4.39 Å². The zero-order valence-electron chi connectivity index (χ0n) is 6.44. The molecule has 0 saturated carbocycles. The standard InChI is InChI=1S/C7H15FN2/c1-7-6-9-3-5-10(7)4-2-8/h7,9H,2-6H2,1H3/t7-/m1/s1. The van der Waals surface area contributed by atoms with Gasteiger partial charge in [0.1, 0.15) is 6.67 Å². The number of nitrogens with one attached hydrogen (secondary N) is 1. The van der Waals surface area contributed by atoms with Gasteiger partial charge in [0.25, 0.3) is 0 Å². The number of halogens is 1. The topological polar surface area (TPSA) is 15.3 Å². The SMILES string of the molecule is C[C@@H]1CNCCN1CCF. The molecular formula is C7H15FN2. The summed E-state index contributed by atoms with van der Waals surface area (Å²) in [6.45, 7) is 5.50. The van der Waals surface area contributed by atoms with Gasteiger partial charge in [0, 0.05) is 32.2 Å². The molecule has 10 heavy (non-hydrogen) atoms. The summed E-state index contributed by atoms with van der Waals surface area (Å²) in [6.07, 6.45) is 0. The smallest absolute Gasteiger partial charge is 0.102 e. The van der Waals surface area contributed by atoms with Gasteiger partial charge < -0.3 is 5.32 Å². The first kappa shape index (κ1) is 7.95. The van der Waals surface area contributed by atoms with Crippen molar-refractivity contribution in [2.45, 2.75) is 13.0 Å². The molecule has 0 aromatic carbocycles. The highest BCUT2D eigenvalue weighted by Gasteiger charge is 2.16. The Morgan fingerprint density at radius 2 is 2.50 bits per heavy atom. The van der Waals surface area contributed by atoms with E-state index in [-0.39, 0.29) is 6.67 Å². The molecule has 3 heteroatoms. The van der Waals surface area contributed by atoms with Crippen LogP contribution in [0.15, 0.2) is 0 Å². The van der Waals surface area contributed by atoms with Gasteiger partial charge in [-0.1, -0.05) is 0 Å². The number of hydrogen-bond acceptors (Lipinski definition) is 2. The molecule has 1 fully saturated rings. The molecule has 1 aliphatic rings. The van der Waals surface area contributed by atoms with E-state index in [4.69, 9.17) is 0 Å². The minimum Gasteiger partial charge on any atom is -0.314 e. The summed E-state index contributed by atoms with van der Waals surface area (Å²) in [5.41, 5.74) is 0. The van der Waals surface area contributed by atoms with E-state index in [1.165, 1.54) is 0 Å². The van der Waals surface area contributed by atoms with E-state index in [0.717, 1.165) is 19.6 Å². The quantitative estimate of drug-likeness (QED) is 0.600. The minimum atomic E-state index is -0.218. The van der Waals surface area contributed by atoms with Crippen molar-refractivity contribution < 1.29 is 4.39 Å². The molecule has 1 atom stereocenters. The molecule has 0 aromatic heterocycles. The fourth-order valence-electron chi connectivity index (χ4n) is 1.32. The van der Waals surface area contributed by atoms with Gasteiger partial charge in [0.15, 0.2) is 0 Å². The summed E-state index contributed by atoms with van der Waals surface area (Å²) in [5, 5.41) is 3.26.